The van der Waals surface area contributed by atoms with Crippen LogP contribution in [0.4, 0.5) is 10.3 Å². The number of nitrogens with one attached hydrogen (secondary N) is 1. The molecular formula is C12H9FN4. The summed E-state index contributed by atoms with van der Waals surface area (Å²) in [5.41, 5.74) is 8.87. The average molecular weight is 228 g/mol. The molecule has 0 atom stereocenters. The molecule has 84 valence electrons. The van der Waals surface area contributed by atoms with E-state index < -0.39 is 0 Å². The normalized spacial score (nSPS) is 10.9. The van der Waals surface area contributed by atoms with Gasteiger partial charge in [0.05, 0.1) is 11.7 Å². The van der Waals surface area contributed by atoms with Crippen LogP contribution in [0.5, 0.6) is 0 Å². The molecule has 0 aliphatic heterocycles. The van der Waals surface area contributed by atoms with E-state index in [9.17, 15) is 4.39 Å². The van der Waals surface area contributed by atoms with Crippen LogP contribution in [0, 0.1) is 5.82 Å². The molecule has 3 N–H and O–H groups in total. The van der Waals surface area contributed by atoms with Crippen molar-refractivity contribution >= 4 is 17.0 Å². The molecule has 2 heterocycles. The number of benzene rings is 1. The number of nitrogen functional groups attached to an aromatic ring is 1. The Morgan fingerprint density at radius 3 is 2.71 bits per heavy atom. The van der Waals surface area contributed by atoms with Crippen molar-refractivity contribution in [2.24, 2.45) is 0 Å². The number of fused-ring (bicyclic) bond motifs is 1. The van der Waals surface area contributed by atoms with Gasteiger partial charge in [0.25, 0.3) is 0 Å². The predicted molar refractivity (Wildman–Crippen MR) is 63.7 cm³/mol. The zero-order valence-corrected chi connectivity index (χ0v) is 8.81. The smallest absolute Gasteiger partial charge is 0.220 e. The van der Waals surface area contributed by atoms with Gasteiger partial charge in [-0.25, -0.2) is 14.4 Å². The Morgan fingerprint density at radius 1 is 1.18 bits per heavy atom. The van der Waals surface area contributed by atoms with E-state index in [-0.39, 0.29) is 11.8 Å². The van der Waals surface area contributed by atoms with Gasteiger partial charge in [-0.05, 0) is 17.7 Å². The second kappa shape index (κ2) is 3.55. The van der Waals surface area contributed by atoms with Crippen LogP contribution in [0.1, 0.15) is 0 Å². The maximum Gasteiger partial charge on any atom is 0.220 e. The highest BCUT2D eigenvalue weighted by atomic mass is 19.1. The number of anilines is 1. The number of H-pyrrole nitrogens is 1. The first-order chi connectivity index (χ1) is 8.24. The summed E-state index contributed by atoms with van der Waals surface area (Å²) in [4.78, 5) is 11.1. The lowest BCUT2D eigenvalue weighted by Gasteiger charge is -1.99. The van der Waals surface area contributed by atoms with E-state index in [0.717, 1.165) is 22.2 Å². The molecule has 4 nitrogen and oxygen atoms in total. The number of nitrogens with two attached hydrogens (primary N) is 1. The number of rotatable bonds is 1. The summed E-state index contributed by atoms with van der Waals surface area (Å²) in [6.07, 6.45) is 3.44. The molecular weight excluding hydrogens is 219 g/mol. The Morgan fingerprint density at radius 2 is 1.94 bits per heavy atom. The van der Waals surface area contributed by atoms with Gasteiger partial charge in [-0.2, -0.15) is 0 Å². The van der Waals surface area contributed by atoms with E-state index in [1.54, 1.807) is 18.3 Å². The third-order valence-corrected chi connectivity index (χ3v) is 2.59. The molecule has 0 unspecified atom stereocenters. The maximum absolute atomic E-state index is 12.9. The minimum absolute atomic E-state index is 0.223. The maximum atomic E-state index is 12.9. The molecule has 0 amide bonds. The Labute approximate surface area is 96.3 Å². The fourth-order valence-electron chi connectivity index (χ4n) is 1.77. The molecule has 0 bridgehead atoms. The summed E-state index contributed by atoms with van der Waals surface area (Å²) in [7, 11) is 0. The molecule has 0 saturated heterocycles. The van der Waals surface area contributed by atoms with Crippen LogP contribution in [0.25, 0.3) is 22.2 Å². The van der Waals surface area contributed by atoms with Gasteiger partial charge in [-0.3, -0.25) is 0 Å². The van der Waals surface area contributed by atoms with Gasteiger partial charge in [-0.15, -0.1) is 0 Å². The molecule has 3 aromatic rings. The molecule has 0 fully saturated rings. The van der Waals surface area contributed by atoms with Gasteiger partial charge >= 0.3 is 0 Å². The lowest BCUT2D eigenvalue weighted by Crippen LogP contribution is -1.93. The van der Waals surface area contributed by atoms with E-state index in [4.69, 9.17) is 5.73 Å². The monoisotopic (exact) mass is 228 g/mol. The van der Waals surface area contributed by atoms with Crippen LogP contribution in [-0.4, -0.2) is 15.0 Å². The summed E-state index contributed by atoms with van der Waals surface area (Å²) in [5.74, 6) is -0.0387. The number of aromatic amines is 1. The third kappa shape index (κ3) is 1.61. The number of aromatic nitrogens is 3. The van der Waals surface area contributed by atoms with E-state index in [1.165, 1.54) is 12.1 Å². The van der Waals surface area contributed by atoms with Crippen molar-refractivity contribution in [1.29, 1.82) is 0 Å². The van der Waals surface area contributed by atoms with Crippen LogP contribution in [0.2, 0.25) is 0 Å². The van der Waals surface area contributed by atoms with Crippen molar-refractivity contribution < 1.29 is 4.39 Å². The quantitative estimate of drug-likeness (QED) is 0.671. The average Bonchev–Trinajstić information content (AvgIpc) is 2.73. The van der Waals surface area contributed by atoms with E-state index >= 15 is 0 Å². The predicted octanol–water partition coefficient (Wildman–Crippen LogP) is 2.35. The minimum Gasteiger partial charge on any atom is -0.368 e. The van der Waals surface area contributed by atoms with Crippen molar-refractivity contribution in [2.45, 2.75) is 0 Å². The molecule has 3 rings (SSSR count). The molecule has 1 aromatic carbocycles. The highest BCUT2D eigenvalue weighted by molar-refractivity contribution is 5.92. The van der Waals surface area contributed by atoms with Gasteiger partial charge in [0, 0.05) is 11.8 Å². The molecule has 0 saturated carbocycles. The Hall–Kier alpha value is -2.43. The molecule has 0 spiro atoms. The third-order valence-electron chi connectivity index (χ3n) is 2.59. The summed E-state index contributed by atoms with van der Waals surface area (Å²) in [6.45, 7) is 0. The van der Waals surface area contributed by atoms with Gasteiger partial charge < -0.3 is 10.7 Å². The summed E-state index contributed by atoms with van der Waals surface area (Å²) >= 11 is 0. The van der Waals surface area contributed by atoms with Crippen molar-refractivity contribution in [2.75, 3.05) is 5.73 Å². The molecule has 17 heavy (non-hydrogen) atoms. The van der Waals surface area contributed by atoms with Crippen molar-refractivity contribution in [3.63, 3.8) is 0 Å². The standard InChI is InChI=1S/C12H9FN4/c13-8-3-1-7(2-4-8)9-5-15-10-6-16-12(14)17-11(9)10/h1-6,15H,(H2,14,16,17). The molecule has 5 heteroatoms. The highest BCUT2D eigenvalue weighted by Gasteiger charge is 2.08. The first-order valence-electron chi connectivity index (χ1n) is 5.09. The minimum atomic E-state index is -0.261. The Balaban J connectivity index is 2.23. The van der Waals surface area contributed by atoms with Gasteiger partial charge in [-0.1, -0.05) is 12.1 Å². The Kier molecular flexibility index (Phi) is 2.04. The summed E-state index contributed by atoms with van der Waals surface area (Å²) in [5, 5.41) is 0. The topological polar surface area (TPSA) is 67.6 Å². The first kappa shape index (κ1) is 9.77. The van der Waals surface area contributed by atoms with Gasteiger partial charge in [0.1, 0.15) is 11.3 Å². The molecule has 0 radical (unpaired) electrons. The lowest BCUT2D eigenvalue weighted by atomic mass is 10.1. The molecule has 0 aliphatic rings. The van der Waals surface area contributed by atoms with Gasteiger partial charge in [0.15, 0.2) is 0 Å². The number of nitrogens with zero attached hydrogens (tertiary/aromatic N) is 2. The second-order valence-electron chi connectivity index (χ2n) is 3.70. The summed E-state index contributed by atoms with van der Waals surface area (Å²) in [6, 6.07) is 6.24. The molecule has 0 aliphatic carbocycles. The van der Waals surface area contributed by atoms with Crippen molar-refractivity contribution in [3.8, 4) is 11.1 Å². The van der Waals surface area contributed by atoms with E-state index in [1.807, 2.05) is 6.20 Å². The number of hydrogen-bond donors (Lipinski definition) is 2. The van der Waals surface area contributed by atoms with Gasteiger partial charge in [0.2, 0.25) is 5.95 Å². The Bertz CT molecular complexity index is 673. The van der Waals surface area contributed by atoms with E-state index in [2.05, 4.69) is 15.0 Å². The van der Waals surface area contributed by atoms with Crippen LogP contribution in [0.3, 0.4) is 0 Å². The van der Waals surface area contributed by atoms with Crippen LogP contribution in [-0.2, 0) is 0 Å². The van der Waals surface area contributed by atoms with Crippen LogP contribution < -0.4 is 5.73 Å². The molecule has 2 aromatic heterocycles. The number of halogens is 1. The zero-order valence-electron chi connectivity index (χ0n) is 8.81. The lowest BCUT2D eigenvalue weighted by molar-refractivity contribution is 0.628. The van der Waals surface area contributed by atoms with Crippen LogP contribution in [0.15, 0.2) is 36.7 Å². The van der Waals surface area contributed by atoms with E-state index in [0.29, 0.717) is 0 Å². The van der Waals surface area contributed by atoms with Crippen molar-refractivity contribution in [1.82, 2.24) is 15.0 Å². The fraction of sp³-hybridized carbons (Fsp3) is 0. The largest absolute Gasteiger partial charge is 0.368 e. The van der Waals surface area contributed by atoms with Crippen molar-refractivity contribution in [3.05, 3.63) is 42.5 Å². The highest BCUT2D eigenvalue weighted by Crippen LogP contribution is 2.27. The SMILES string of the molecule is Nc1ncc2[nH]cc(-c3ccc(F)cc3)c2n1. The second-order valence-corrected chi connectivity index (χ2v) is 3.70. The first-order valence-corrected chi connectivity index (χ1v) is 5.09. The van der Waals surface area contributed by atoms with Crippen LogP contribution >= 0.6 is 0 Å². The fourth-order valence-corrected chi connectivity index (χ4v) is 1.77. The zero-order chi connectivity index (χ0) is 11.8. The summed E-state index contributed by atoms with van der Waals surface area (Å²) < 4.78 is 12.9. The number of hydrogen-bond acceptors (Lipinski definition) is 3.